The first-order valence-electron chi connectivity index (χ1n) is 8.27. The topological polar surface area (TPSA) is 64.7 Å². The van der Waals surface area contributed by atoms with Crippen LogP contribution in [0.3, 0.4) is 0 Å². The molecular weight excluding hydrogens is 412 g/mol. The summed E-state index contributed by atoms with van der Waals surface area (Å²) >= 11 is 5.16. The van der Waals surface area contributed by atoms with Crippen LogP contribution in [-0.4, -0.2) is 20.1 Å². The van der Waals surface area contributed by atoms with E-state index in [-0.39, 0.29) is 0 Å². The first-order chi connectivity index (χ1) is 12.8. The molecule has 1 aromatic carbocycles. The highest BCUT2D eigenvalue weighted by Crippen LogP contribution is 2.42. The Morgan fingerprint density at radius 2 is 1.81 bits per heavy atom. The van der Waals surface area contributed by atoms with E-state index in [1.54, 1.807) is 23.7 Å². The van der Waals surface area contributed by atoms with E-state index >= 15 is 0 Å². The summed E-state index contributed by atoms with van der Waals surface area (Å²) in [7, 11) is 0. The predicted octanol–water partition coefficient (Wildman–Crippen LogP) is 5.56. The molecule has 1 aliphatic rings. The molecule has 0 atom stereocenters. The Morgan fingerprint density at radius 3 is 2.58 bits per heavy atom. The van der Waals surface area contributed by atoms with Crippen molar-refractivity contribution in [3.63, 3.8) is 0 Å². The average molecular weight is 425 g/mol. The molecule has 0 saturated heterocycles. The van der Waals surface area contributed by atoms with Gasteiger partial charge in [0.25, 0.3) is 5.89 Å². The van der Waals surface area contributed by atoms with Gasteiger partial charge in [-0.3, -0.25) is 4.98 Å². The fourth-order valence-electron chi connectivity index (χ4n) is 2.71. The minimum absolute atomic E-state index is 0.450. The monoisotopic (exact) mass is 424 g/mol. The van der Waals surface area contributed by atoms with Crippen molar-refractivity contribution in [3.05, 3.63) is 57.6 Å². The summed E-state index contributed by atoms with van der Waals surface area (Å²) in [6, 6.07) is 10.0. The standard InChI is InChI=1S/C19H13BrN4OS/c20-15-7-14(8-21-9-15)18-23-17(24-25-18)12-3-1-11(2-4-12)16-10-26-19(22-16)13-5-6-13/h1-4,7-10,13H,5-6H2. The summed E-state index contributed by atoms with van der Waals surface area (Å²) < 4.78 is 6.25. The van der Waals surface area contributed by atoms with Crippen molar-refractivity contribution in [2.75, 3.05) is 0 Å². The first kappa shape index (κ1) is 15.8. The van der Waals surface area contributed by atoms with Crippen molar-refractivity contribution in [1.82, 2.24) is 20.1 Å². The van der Waals surface area contributed by atoms with Gasteiger partial charge in [0.1, 0.15) is 0 Å². The normalized spacial score (nSPS) is 13.9. The van der Waals surface area contributed by atoms with Crippen molar-refractivity contribution in [2.24, 2.45) is 0 Å². The largest absolute Gasteiger partial charge is 0.334 e. The number of hydrogen-bond acceptors (Lipinski definition) is 6. The molecule has 0 spiro atoms. The third kappa shape index (κ3) is 3.08. The lowest BCUT2D eigenvalue weighted by atomic mass is 10.1. The lowest BCUT2D eigenvalue weighted by Gasteiger charge is -1.98. The van der Waals surface area contributed by atoms with E-state index in [2.05, 4.69) is 48.6 Å². The molecule has 1 saturated carbocycles. The molecule has 0 amide bonds. The molecule has 0 N–H and O–H groups in total. The SMILES string of the molecule is Brc1cncc(-c2nc(-c3ccc(-c4csc(C5CC5)n4)cc3)no2)c1. The van der Waals surface area contributed by atoms with E-state index in [0.717, 1.165) is 26.9 Å². The molecule has 1 fully saturated rings. The summed E-state index contributed by atoms with van der Waals surface area (Å²) in [5, 5.41) is 7.48. The average Bonchev–Trinajstić information content (AvgIpc) is 3.20. The van der Waals surface area contributed by atoms with E-state index in [4.69, 9.17) is 9.51 Å². The molecule has 0 aliphatic heterocycles. The van der Waals surface area contributed by atoms with E-state index in [1.165, 1.54) is 17.8 Å². The van der Waals surface area contributed by atoms with Crippen LogP contribution in [0.1, 0.15) is 23.8 Å². The molecule has 4 aromatic rings. The van der Waals surface area contributed by atoms with Crippen LogP contribution in [0.2, 0.25) is 0 Å². The Kier molecular flexibility index (Phi) is 3.90. The number of benzene rings is 1. The lowest BCUT2D eigenvalue weighted by molar-refractivity contribution is 0.432. The van der Waals surface area contributed by atoms with Crippen LogP contribution in [0.15, 0.2) is 57.1 Å². The molecule has 3 aromatic heterocycles. The number of pyridine rings is 1. The summed E-state index contributed by atoms with van der Waals surface area (Å²) in [6.07, 6.45) is 5.97. The Morgan fingerprint density at radius 1 is 1.00 bits per heavy atom. The minimum atomic E-state index is 0.450. The quantitative estimate of drug-likeness (QED) is 0.428. The Balaban J connectivity index is 1.40. The zero-order chi connectivity index (χ0) is 17.5. The smallest absolute Gasteiger partial charge is 0.259 e. The molecule has 128 valence electrons. The van der Waals surface area contributed by atoms with Crippen LogP contribution >= 0.6 is 27.3 Å². The van der Waals surface area contributed by atoms with Gasteiger partial charge in [-0.15, -0.1) is 11.3 Å². The molecule has 0 unspecified atom stereocenters. The van der Waals surface area contributed by atoms with Gasteiger partial charge in [0.15, 0.2) is 0 Å². The van der Waals surface area contributed by atoms with Crippen molar-refractivity contribution in [3.8, 4) is 34.1 Å². The van der Waals surface area contributed by atoms with Crippen molar-refractivity contribution >= 4 is 27.3 Å². The third-order valence-corrected chi connectivity index (χ3v) is 5.71. The second-order valence-electron chi connectivity index (χ2n) is 6.24. The minimum Gasteiger partial charge on any atom is -0.334 e. The maximum atomic E-state index is 5.38. The summed E-state index contributed by atoms with van der Waals surface area (Å²) in [6.45, 7) is 0. The number of hydrogen-bond donors (Lipinski definition) is 0. The van der Waals surface area contributed by atoms with Gasteiger partial charge in [-0.25, -0.2) is 4.98 Å². The van der Waals surface area contributed by atoms with Crippen LogP contribution in [0.25, 0.3) is 34.1 Å². The first-order valence-corrected chi connectivity index (χ1v) is 9.94. The van der Waals surface area contributed by atoms with Gasteiger partial charge in [-0.05, 0) is 34.8 Å². The van der Waals surface area contributed by atoms with E-state index in [1.807, 2.05) is 18.2 Å². The van der Waals surface area contributed by atoms with Gasteiger partial charge >= 0.3 is 0 Å². The molecular formula is C19H13BrN4OS. The van der Waals surface area contributed by atoms with Crippen LogP contribution in [0.4, 0.5) is 0 Å². The van der Waals surface area contributed by atoms with E-state index in [0.29, 0.717) is 17.6 Å². The van der Waals surface area contributed by atoms with Gasteiger partial charge in [0.05, 0.1) is 16.3 Å². The lowest BCUT2D eigenvalue weighted by Crippen LogP contribution is -1.84. The zero-order valence-electron chi connectivity index (χ0n) is 13.6. The van der Waals surface area contributed by atoms with Crippen LogP contribution < -0.4 is 0 Å². The highest BCUT2D eigenvalue weighted by Gasteiger charge is 2.26. The van der Waals surface area contributed by atoms with E-state index in [9.17, 15) is 0 Å². The molecule has 5 rings (SSSR count). The molecule has 3 heterocycles. The molecule has 5 nitrogen and oxygen atoms in total. The number of thiazole rings is 1. The summed E-state index contributed by atoms with van der Waals surface area (Å²) in [5.74, 6) is 1.70. The Bertz CT molecular complexity index is 1070. The van der Waals surface area contributed by atoms with Crippen molar-refractivity contribution < 1.29 is 4.52 Å². The fraction of sp³-hybridized carbons (Fsp3) is 0.158. The van der Waals surface area contributed by atoms with Crippen LogP contribution in [0, 0.1) is 0 Å². The molecule has 7 heteroatoms. The predicted molar refractivity (Wildman–Crippen MR) is 104 cm³/mol. The van der Waals surface area contributed by atoms with Gasteiger partial charge in [0, 0.05) is 39.3 Å². The summed E-state index contributed by atoms with van der Waals surface area (Å²) in [4.78, 5) is 13.4. The third-order valence-electron chi connectivity index (χ3n) is 4.27. The number of halogens is 1. The second kappa shape index (κ2) is 6.41. The maximum Gasteiger partial charge on any atom is 0.259 e. The van der Waals surface area contributed by atoms with Crippen molar-refractivity contribution in [1.29, 1.82) is 0 Å². The molecule has 1 aliphatic carbocycles. The number of aromatic nitrogens is 4. The Hall–Kier alpha value is -2.38. The number of rotatable bonds is 4. The number of nitrogens with zero attached hydrogens (tertiary/aromatic N) is 4. The maximum absolute atomic E-state index is 5.38. The highest BCUT2D eigenvalue weighted by molar-refractivity contribution is 9.10. The van der Waals surface area contributed by atoms with Gasteiger partial charge in [-0.1, -0.05) is 29.4 Å². The zero-order valence-corrected chi connectivity index (χ0v) is 16.0. The fourth-order valence-corrected chi connectivity index (χ4v) is 4.08. The second-order valence-corrected chi connectivity index (χ2v) is 8.04. The van der Waals surface area contributed by atoms with Crippen molar-refractivity contribution in [2.45, 2.75) is 18.8 Å². The van der Waals surface area contributed by atoms with Crippen LogP contribution in [0.5, 0.6) is 0 Å². The van der Waals surface area contributed by atoms with Crippen LogP contribution in [-0.2, 0) is 0 Å². The molecule has 0 bridgehead atoms. The molecule has 26 heavy (non-hydrogen) atoms. The van der Waals surface area contributed by atoms with Gasteiger partial charge < -0.3 is 4.52 Å². The highest BCUT2D eigenvalue weighted by atomic mass is 79.9. The Labute approximate surface area is 162 Å². The molecule has 0 radical (unpaired) electrons. The van der Waals surface area contributed by atoms with E-state index < -0.39 is 0 Å². The van der Waals surface area contributed by atoms with Gasteiger partial charge in [0.2, 0.25) is 5.82 Å². The summed E-state index contributed by atoms with van der Waals surface area (Å²) in [5.41, 5.74) is 3.84. The van der Waals surface area contributed by atoms with Gasteiger partial charge in [-0.2, -0.15) is 4.98 Å².